The Labute approximate surface area is 192 Å². The van der Waals surface area contributed by atoms with Crippen LogP contribution in [0.15, 0.2) is 36.4 Å². The fourth-order valence-electron chi connectivity index (χ4n) is 4.79. The molecule has 0 radical (unpaired) electrons. The normalized spacial score (nSPS) is 17.9. The Hall–Kier alpha value is -2.47. The van der Waals surface area contributed by atoms with Crippen molar-refractivity contribution in [1.29, 1.82) is 0 Å². The number of anilines is 1. The van der Waals surface area contributed by atoms with Gasteiger partial charge in [0.25, 0.3) is 0 Å². The predicted octanol–water partition coefficient (Wildman–Crippen LogP) is 3.69. The molecule has 32 heavy (non-hydrogen) atoms. The molecule has 2 fully saturated rings. The molecule has 0 aliphatic carbocycles. The Bertz CT molecular complexity index is 899. The highest BCUT2D eigenvalue weighted by atomic mass is 16.5. The summed E-state index contributed by atoms with van der Waals surface area (Å²) in [6.07, 6.45) is 4.09. The van der Waals surface area contributed by atoms with Crippen molar-refractivity contribution in [3.05, 3.63) is 47.8 Å². The molecule has 2 aliphatic rings. The van der Waals surface area contributed by atoms with E-state index in [9.17, 15) is 4.79 Å². The van der Waals surface area contributed by atoms with E-state index in [-0.39, 0.29) is 6.10 Å². The van der Waals surface area contributed by atoms with Crippen molar-refractivity contribution in [3.63, 3.8) is 0 Å². The first-order valence-corrected chi connectivity index (χ1v) is 12.2. The van der Waals surface area contributed by atoms with Crippen LogP contribution in [0.1, 0.15) is 44.5 Å². The number of ether oxygens (including phenoxy) is 1. The van der Waals surface area contributed by atoms with Gasteiger partial charge in [0.05, 0.1) is 18.3 Å². The Balaban J connectivity index is 1.28. The van der Waals surface area contributed by atoms with Crippen LogP contribution in [0.25, 0.3) is 0 Å². The molecule has 6 nitrogen and oxygen atoms in total. The van der Waals surface area contributed by atoms with Gasteiger partial charge in [-0.3, -0.25) is 9.69 Å². The molecule has 4 rings (SSSR count). The van der Waals surface area contributed by atoms with Crippen molar-refractivity contribution >= 4 is 11.6 Å². The third-order valence-electron chi connectivity index (χ3n) is 6.73. The van der Waals surface area contributed by atoms with Crippen molar-refractivity contribution in [1.82, 2.24) is 14.4 Å². The molecular weight excluding hydrogens is 400 g/mol. The maximum atomic E-state index is 12.1. The van der Waals surface area contributed by atoms with E-state index in [1.165, 1.54) is 17.1 Å². The molecule has 2 aromatic rings. The highest BCUT2D eigenvalue weighted by Crippen LogP contribution is 2.29. The standard InChI is InChI=1S/C26H38N4O2/c1-21(2)32-25-9-5-4-8-24(25)29-18-16-28(17-19-29)15-13-22-11-12-23(27(22)3)20-30-14-7-6-10-26(30)31/h4-5,8-9,11-12,21H,6-7,10,13-20H2,1-3H3. The number of nitrogens with zero attached hydrogens (tertiary/aromatic N) is 4. The van der Waals surface area contributed by atoms with Gasteiger partial charge in [0.15, 0.2) is 0 Å². The van der Waals surface area contributed by atoms with E-state index in [0.717, 1.165) is 70.8 Å². The lowest BCUT2D eigenvalue weighted by atomic mass is 10.1. The van der Waals surface area contributed by atoms with Crippen LogP contribution in [-0.2, 0) is 24.8 Å². The van der Waals surface area contributed by atoms with E-state index >= 15 is 0 Å². The van der Waals surface area contributed by atoms with Gasteiger partial charge in [-0.25, -0.2) is 0 Å². The van der Waals surface area contributed by atoms with E-state index in [4.69, 9.17) is 4.74 Å². The summed E-state index contributed by atoms with van der Waals surface area (Å²) in [6, 6.07) is 12.8. The molecule has 0 unspecified atom stereocenters. The van der Waals surface area contributed by atoms with Crippen molar-refractivity contribution in [3.8, 4) is 5.75 Å². The number of rotatable bonds is 8. The molecule has 2 saturated heterocycles. The topological polar surface area (TPSA) is 41.0 Å². The monoisotopic (exact) mass is 438 g/mol. The molecule has 1 amide bonds. The zero-order chi connectivity index (χ0) is 22.5. The highest BCUT2D eigenvalue weighted by Gasteiger charge is 2.21. The van der Waals surface area contributed by atoms with Gasteiger partial charge in [0.1, 0.15) is 5.75 Å². The third-order valence-corrected chi connectivity index (χ3v) is 6.73. The molecule has 1 aromatic carbocycles. The van der Waals surface area contributed by atoms with E-state index in [2.05, 4.69) is 65.6 Å². The fraction of sp³-hybridized carbons (Fsp3) is 0.577. The molecule has 0 bridgehead atoms. The van der Waals surface area contributed by atoms with E-state index in [1.807, 2.05) is 11.0 Å². The molecule has 174 valence electrons. The fourth-order valence-corrected chi connectivity index (χ4v) is 4.79. The first kappa shape index (κ1) is 22.7. The first-order chi connectivity index (χ1) is 15.5. The average Bonchev–Trinajstić information content (AvgIpc) is 3.13. The quantitative estimate of drug-likeness (QED) is 0.630. The second-order valence-corrected chi connectivity index (χ2v) is 9.36. The first-order valence-electron chi connectivity index (χ1n) is 12.2. The molecule has 3 heterocycles. The average molecular weight is 439 g/mol. The van der Waals surface area contributed by atoms with Gasteiger partial charge in [-0.1, -0.05) is 12.1 Å². The number of carbonyl (C=O) groups is 1. The van der Waals surface area contributed by atoms with Gasteiger partial charge in [0.2, 0.25) is 5.91 Å². The largest absolute Gasteiger partial charge is 0.489 e. The summed E-state index contributed by atoms with van der Waals surface area (Å²) < 4.78 is 8.31. The number of aromatic nitrogens is 1. The minimum absolute atomic E-state index is 0.181. The second-order valence-electron chi connectivity index (χ2n) is 9.36. The molecule has 0 N–H and O–H groups in total. The zero-order valence-electron chi connectivity index (χ0n) is 19.9. The third kappa shape index (κ3) is 5.47. The number of piperazine rings is 1. The number of para-hydroxylation sites is 2. The van der Waals surface area contributed by atoms with Gasteiger partial charge < -0.3 is 19.1 Å². The molecule has 1 aromatic heterocycles. The summed E-state index contributed by atoms with van der Waals surface area (Å²) in [5.41, 5.74) is 3.80. The Morgan fingerprint density at radius 3 is 2.44 bits per heavy atom. The zero-order valence-corrected chi connectivity index (χ0v) is 19.9. The van der Waals surface area contributed by atoms with Gasteiger partial charge in [-0.15, -0.1) is 0 Å². The van der Waals surface area contributed by atoms with E-state index in [0.29, 0.717) is 12.3 Å². The number of hydrogen-bond donors (Lipinski definition) is 0. The van der Waals surface area contributed by atoms with Crippen molar-refractivity contribution < 1.29 is 9.53 Å². The predicted molar refractivity (Wildman–Crippen MR) is 129 cm³/mol. The number of likely N-dealkylation sites (tertiary alicyclic amines) is 1. The van der Waals surface area contributed by atoms with Crippen molar-refractivity contribution in [2.75, 3.05) is 44.2 Å². The molecule has 6 heteroatoms. The summed E-state index contributed by atoms with van der Waals surface area (Å²) >= 11 is 0. The number of piperidine rings is 1. The van der Waals surface area contributed by atoms with Crippen LogP contribution in [0, 0.1) is 0 Å². The number of carbonyl (C=O) groups excluding carboxylic acids is 1. The van der Waals surface area contributed by atoms with Crippen LogP contribution >= 0.6 is 0 Å². The Kier molecular flexibility index (Phi) is 7.40. The minimum Gasteiger partial charge on any atom is -0.489 e. The minimum atomic E-state index is 0.181. The highest BCUT2D eigenvalue weighted by molar-refractivity contribution is 5.76. The van der Waals surface area contributed by atoms with E-state index in [1.54, 1.807) is 0 Å². The van der Waals surface area contributed by atoms with Crippen LogP contribution in [-0.4, -0.2) is 65.6 Å². The van der Waals surface area contributed by atoms with Crippen molar-refractivity contribution in [2.24, 2.45) is 7.05 Å². The van der Waals surface area contributed by atoms with Crippen LogP contribution in [0.4, 0.5) is 5.69 Å². The lowest BCUT2D eigenvalue weighted by Gasteiger charge is -2.37. The van der Waals surface area contributed by atoms with Crippen LogP contribution in [0.3, 0.4) is 0 Å². The number of benzene rings is 1. The Morgan fingerprint density at radius 2 is 1.69 bits per heavy atom. The molecule has 0 atom stereocenters. The summed E-state index contributed by atoms with van der Waals surface area (Å²) in [4.78, 5) is 19.2. The lowest BCUT2D eigenvalue weighted by molar-refractivity contribution is -0.133. The smallest absolute Gasteiger partial charge is 0.222 e. The molecule has 0 spiro atoms. The van der Waals surface area contributed by atoms with Crippen LogP contribution in [0.5, 0.6) is 5.75 Å². The van der Waals surface area contributed by atoms with Crippen LogP contribution in [0.2, 0.25) is 0 Å². The SMILES string of the molecule is CC(C)Oc1ccccc1N1CCN(CCc2ccc(CN3CCCCC3=O)n2C)CC1. The maximum Gasteiger partial charge on any atom is 0.222 e. The van der Waals surface area contributed by atoms with Crippen molar-refractivity contribution in [2.45, 2.75) is 52.2 Å². The summed E-state index contributed by atoms with van der Waals surface area (Å²) in [6.45, 7) is 11.0. The van der Waals surface area contributed by atoms with Gasteiger partial charge in [0, 0.05) is 70.5 Å². The van der Waals surface area contributed by atoms with Crippen LogP contribution < -0.4 is 9.64 Å². The Morgan fingerprint density at radius 1 is 0.938 bits per heavy atom. The second kappa shape index (κ2) is 10.4. The molecular formula is C26H38N4O2. The van der Waals surface area contributed by atoms with Gasteiger partial charge in [-0.05, 0) is 51.0 Å². The summed E-state index contributed by atoms with van der Waals surface area (Å²) in [5, 5.41) is 0. The lowest BCUT2D eigenvalue weighted by Crippen LogP contribution is -2.47. The number of amides is 1. The summed E-state index contributed by atoms with van der Waals surface area (Å²) in [7, 11) is 2.14. The van der Waals surface area contributed by atoms with E-state index < -0.39 is 0 Å². The summed E-state index contributed by atoms with van der Waals surface area (Å²) in [5.74, 6) is 1.29. The number of hydrogen-bond acceptors (Lipinski definition) is 4. The van der Waals surface area contributed by atoms with Gasteiger partial charge in [-0.2, -0.15) is 0 Å². The molecule has 0 saturated carbocycles. The molecule has 2 aliphatic heterocycles. The van der Waals surface area contributed by atoms with Gasteiger partial charge >= 0.3 is 0 Å². The maximum absolute atomic E-state index is 12.1.